The molecule has 5 atom stereocenters. The Labute approximate surface area is 123 Å². The van der Waals surface area contributed by atoms with Gasteiger partial charge in [-0.3, -0.25) is 4.79 Å². The number of carbonyl (C=O) groups is 2. The second kappa shape index (κ2) is 4.60. The molecule has 2 amide bonds. The zero-order valence-electron chi connectivity index (χ0n) is 12.0. The summed E-state index contributed by atoms with van der Waals surface area (Å²) in [4.78, 5) is 28.1. The van der Waals surface area contributed by atoms with Gasteiger partial charge in [-0.2, -0.15) is 0 Å². The SMILES string of the molecule is O=C(O)C1CC2CCC1N2C(=O)N1C2CCC1CC(O)C2. The van der Waals surface area contributed by atoms with Crippen LogP contribution in [0.3, 0.4) is 0 Å². The van der Waals surface area contributed by atoms with Crippen LogP contribution >= 0.6 is 0 Å². The Morgan fingerprint density at radius 3 is 2.00 bits per heavy atom. The van der Waals surface area contributed by atoms with E-state index in [0.717, 1.165) is 25.7 Å². The van der Waals surface area contributed by atoms with Crippen molar-refractivity contribution in [3.05, 3.63) is 0 Å². The summed E-state index contributed by atoms with van der Waals surface area (Å²) < 4.78 is 0. The maximum atomic E-state index is 13.0. The molecule has 5 unspecified atom stereocenters. The minimum atomic E-state index is -0.767. The summed E-state index contributed by atoms with van der Waals surface area (Å²) in [5, 5.41) is 19.2. The van der Waals surface area contributed by atoms with E-state index >= 15 is 0 Å². The third-order valence-electron chi connectivity index (χ3n) is 6.00. The van der Waals surface area contributed by atoms with Gasteiger partial charge in [0.15, 0.2) is 0 Å². The van der Waals surface area contributed by atoms with Crippen molar-refractivity contribution < 1.29 is 19.8 Å². The minimum Gasteiger partial charge on any atom is -0.481 e. The molecule has 0 aliphatic carbocycles. The van der Waals surface area contributed by atoms with Gasteiger partial charge >= 0.3 is 12.0 Å². The fourth-order valence-corrected chi connectivity index (χ4v) is 5.15. The van der Waals surface area contributed by atoms with Gasteiger partial charge in [0.1, 0.15) is 0 Å². The van der Waals surface area contributed by atoms with Crippen LogP contribution in [0, 0.1) is 5.92 Å². The lowest BCUT2D eigenvalue weighted by molar-refractivity contribution is -0.142. The summed E-state index contributed by atoms with van der Waals surface area (Å²) in [6, 6.07) is 0.316. The average molecular weight is 294 g/mol. The molecule has 6 heteroatoms. The fraction of sp³-hybridized carbons (Fsp3) is 0.867. The normalized spacial score (nSPS) is 44.4. The monoisotopic (exact) mass is 294 g/mol. The molecule has 0 saturated carbocycles. The Balaban J connectivity index is 1.55. The van der Waals surface area contributed by atoms with E-state index in [1.54, 1.807) is 0 Å². The molecule has 4 fully saturated rings. The lowest BCUT2D eigenvalue weighted by Gasteiger charge is -2.40. The summed E-state index contributed by atoms with van der Waals surface area (Å²) >= 11 is 0. The first-order valence-corrected chi connectivity index (χ1v) is 8.07. The number of aliphatic hydroxyl groups excluding tert-OH is 1. The van der Waals surface area contributed by atoms with E-state index < -0.39 is 5.97 Å². The van der Waals surface area contributed by atoms with E-state index in [9.17, 15) is 19.8 Å². The molecule has 4 heterocycles. The van der Waals surface area contributed by atoms with Crippen molar-refractivity contribution >= 4 is 12.0 Å². The van der Waals surface area contributed by atoms with Gasteiger partial charge in [-0.15, -0.1) is 0 Å². The summed E-state index contributed by atoms with van der Waals surface area (Å²) in [7, 11) is 0. The standard InChI is InChI=1S/C15H22N2O4/c18-11-5-8-1-2-9(6-11)16(8)15(21)17-10-3-4-13(17)12(7-10)14(19)20/h8-13,18H,1-7H2,(H,19,20). The first-order chi connectivity index (χ1) is 10.1. The summed E-state index contributed by atoms with van der Waals surface area (Å²) in [5.41, 5.74) is 0. The van der Waals surface area contributed by atoms with Crippen molar-refractivity contribution in [3.8, 4) is 0 Å². The van der Waals surface area contributed by atoms with Crippen LogP contribution in [-0.2, 0) is 4.79 Å². The number of carboxylic acids is 1. The van der Waals surface area contributed by atoms with Crippen molar-refractivity contribution in [2.75, 3.05) is 0 Å². The molecule has 2 N–H and O–H groups in total. The summed E-state index contributed by atoms with van der Waals surface area (Å²) in [6.07, 6.45) is 5.37. The smallest absolute Gasteiger partial charge is 0.321 e. The van der Waals surface area contributed by atoms with Gasteiger partial charge in [0.25, 0.3) is 0 Å². The minimum absolute atomic E-state index is 0.0330. The molecule has 21 heavy (non-hydrogen) atoms. The topological polar surface area (TPSA) is 81.1 Å². The number of hydrogen-bond acceptors (Lipinski definition) is 3. The number of fused-ring (bicyclic) bond motifs is 4. The Bertz CT molecular complexity index is 468. The van der Waals surface area contributed by atoms with Crippen LogP contribution in [0.25, 0.3) is 0 Å². The quantitative estimate of drug-likeness (QED) is 0.757. The molecule has 0 aromatic carbocycles. The van der Waals surface area contributed by atoms with Crippen LogP contribution in [0.1, 0.15) is 44.9 Å². The molecule has 4 aliphatic heterocycles. The second-order valence-electron chi connectivity index (χ2n) is 7.09. The van der Waals surface area contributed by atoms with Gasteiger partial charge < -0.3 is 20.0 Å². The van der Waals surface area contributed by atoms with E-state index in [2.05, 4.69) is 0 Å². The molecule has 116 valence electrons. The van der Waals surface area contributed by atoms with Crippen molar-refractivity contribution in [3.63, 3.8) is 0 Å². The Kier molecular flexibility index (Phi) is 2.93. The number of piperidine rings is 1. The van der Waals surface area contributed by atoms with E-state index in [1.807, 2.05) is 9.80 Å². The Morgan fingerprint density at radius 2 is 1.43 bits per heavy atom. The first kappa shape index (κ1) is 13.4. The second-order valence-corrected chi connectivity index (χ2v) is 7.09. The van der Waals surface area contributed by atoms with Crippen LogP contribution in [0.4, 0.5) is 4.79 Å². The molecule has 6 nitrogen and oxygen atoms in total. The Hall–Kier alpha value is -1.30. The maximum Gasteiger partial charge on any atom is 0.321 e. The molecule has 0 radical (unpaired) electrons. The van der Waals surface area contributed by atoms with E-state index in [0.29, 0.717) is 19.3 Å². The van der Waals surface area contributed by atoms with Crippen LogP contribution < -0.4 is 0 Å². The van der Waals surface area contributed by atoms with Gasteiger partial charge in [-0.05, 0) is 44.9 Å². The summed E-state index contributed by atoms with van der Waals surface area (Å²) in [5.74, 6) is -1.15. The molecule has 4 bridgehead atoms. The highest BCUT2D eigenvalue weighted by molar-refractivity contribution is 5.80. The average Bonchev–Trinajstić information content (AvgIpc) is 3.08. The zero-order chi connectivity index (χ0) is 14.7. The van der Waals surface area contributed by atoms with E-state index in [1.165, 1.54) is 0 Å². The lowest BCUT2D eigenvalue weighted by Crippen LogP contribution is -2.54. The molecular weight excluding hydrogens is 272 g/mol. The van der Waals surface area contributed by atoms with Crippen molar-refractivity contribution in [1.82, 2.24) is 9.80 Å². The van der Waals surface area contributed by atoms with Gasteiger partial charge in [0, 0.05) is 24.2 Å². The number of amides is 2. The van der Waals surface area contributed by atoms with Crippen LogP contribution in [-0.4, -0.2) is 62.3 Å². The van der Waals surface area contributed by atoms with Gasteiger partial charge in [0.05, 0.1) is 12.0 Å². The number of aliphatic carboxylic acids is 1. The number of carbonyl (C=O) groups excluding carboxylic acids is 1. The van der Waals surface area contributed by atoms with Crippen molar-refractivity contribution in [2.24, 2.45) is 5.92 Å². The number of carboxylic acid groups (broad SMARTS) is 1. The number of rotatable bonds is 1. The molecule has 0 spiro atoms. The van der Waals surface area contributed by atoms with Gasteiger partial charge in [0.2, 0.25) is 0 Å². The van der Waals surface area contributed by atoms with Crippen molar-refractivity contribution in [2.45, 2.75) is 75.2 Å². The van der Waals surface area contributed by atoms with Crippen molar-refractivity contribution in [1.29, 1.82) is 0 Å². The molecule has 4 saturated heterocycles. The molecular formula is C15H22N2O4. The highest BCUT2D eigenvalue weighted by Gasteiger charge is 2.54. The number of urea groups is 1. The number of nitrogens with zero attached hydrogens (tertiary/aromatic N) is 2. The van der Waals surface area contributed by atoms with Gasteiger partial charge in [-0.25, -0.2) is 4.79 Å². The largest absolute Gasteiger partial charge is 0.481 e. The zero-order valence-corrected chi connectivity index (χ0v) is 12.0. The predicted octanol–water partition coefficient (Wildman–Crippen LogP) is 1.03. The van der Waals surface area contributed by atoms with Gasteiger partial charge in [-0.1, -0.05) is 0 Å². The van der Waals surface area contributed by atoms with Crippen LogP contribution in [0.2, 0.25) is 0 Å². The third kappa shape index (κ3) is 1.88. The predicted molar refractivity (Wildman–Crippen MR) is 73.7 cm³/mol. The summed E-state index contributed by atoms with van der Waals surface area (Å²) in [6.45, 7) is 0. The highest BCUT2D eigenvalue weighted by Crippen LogP contribution is 2.45. The highest BCUT2D eigenvalue weighted by atomic mass is 16.4. The molecule has 4 rings (SSSR count). The number of hydrogen-bond donors (Lipinski definition) is 2. The molecule has 4 aliphatic rings. The number of aliphatic hydroxyl groups is 1. The van der Waals surface area contributed by atoms with Crippen LogP contribution in [0.15, 0.2) is 0 Å². The first-order valence-electron chi connectivity index (χ1n) is 8.07. The third-order valence-corrected chi connectivity index (χ3v) is 6.00. The van der Waals surface area contributed by atoms with E-state index in [-0.39, 0.29) is 42.2 Å². The Morgan fingerprint density at radius 1 is 0.857 bits per heavy atom. The molecule has 0 aromatic heterocycles. The lowest BCUT2D eigenvalue weighted by atomic mass is 9.89. The fourth-order valence-electron chi connectivity index (χ4n) is 5.15. The van der Waals surface area contributed by atoms with Crippen LogP contribution in [0.5, 0.6) is 0 Å². The molecule has 0 aromatic rings. The van der Waals surface area contributed by atoms with E-state index in [4.69, 9.17) is 0 Å². The maximum absolute atomic E-state index is 13.0.